The molecule has 0 saturated carbocycles. The van der Waals surface area contributed by atoms with Crippen LogP contribution in [0.1, 0.15) is 51.8 Å². The van der Waals surface area contributed by atoms with Gasteiger partial charge >= 0.3 is 0 Å². The van der Waals surface area contributed by atoms with Crippen LogP contribution in [0.2, 0.25) is 0 Å². The van der Waals surface area contributed by atoms with E-state index in [-0.39, 0.29) is 5.92 Å². The summed E-state index contributed by atoms with van der Waals surface area (Å²) in [5.41, 5.74) is 0.822. The summed E-state index contributed by atoms with van der Waals surface area (Å²) in [5, 5.41) is 14.7. The molecule has 4 heteroatoms. The fourth-order valence-electron chi connectivity index (χ4n) is 2.18. The normalized spacial score (nSPS) is 13.1. The number of rotatable bonds is 7. The van der Waals surface area contributed by atoms with Crippen molar-refractivity contribution in [3.8, 4) is 5.75 Å². The number of hydrogen-bond donors (Lipinski definition) is 1. The maximum Gasteiger partial charge on any atom is 0.162 e. The zero-order chi connectivity index (χ0) is 12.8. The summed E-state index contributed by atoms with van der Waals surface area (Å²) in [6.45, 7) is 7.12. The molecule has 1 N–H and O–H groups in total. The Morgan fingerprint density at radius 3 is 2.47 bits per heavy atom. The molecule has 0 spiro atoms. The summed E-state index contributed by atoms with van der Waals surface area (Å²) in [4.78, 5) is 0. The summed E-state index contributed by atoms with van der Waals surface area (Å²) in [6.07, 6.45) is 4.11. The molecule has 0 amide bonds. The van der Waals surface area contributed by atoms with Crippen LogP contribution in [-0.2, 0) is 6.54 Å². The number of aryl methyl sites for hydroxylation is 1. The van der Waals surface area contributed by atoms with Crippen LogP contribution >= 0.6 is 0 Å². The second kappa shape index (κ2) is 6.64. The van der Waals surface area contributed by atoms with E-state index < -0.39 is 6.10 Å². The van der Waals surface area contributed by atoms with Crippen LogP contribution in [0.5, 0.6) is 5.75 Å². The van der Waals surface area contributed by atoms with E-state index in [0.717, 1.165) is 31.5 Å². The van der Waals surface area contributed by atoms with Crippen LogP contribution in [0.15, 0.2) is 6.20 Å². The van der Waals surface area contributed by atoms with Crippen molar-refractivity contribution in [1.82, 2.24) is 9.78 Å². The number of nitrogens with zero attached hydrogens (tertiary/aromatic N) is 2. The third-order valence-electron chi connectivity index (χ3n) is 3.28. The molecule has 1 atom stereocenters. The van der Waals surface area contributed by atoms with Gasteiger partial charge in [0.1, 0.15) is 11.8 Å². The molecule has 1 rings (SSSR count). The van der Waals surface area contributed by atoms with Crippen LogP contribution < -0.4 is 4.74 Å². The molecule has 4 nitrogen and oxygen atoms in total. The van der Waals surface area contributed by atoms with E-state index in [2.05, 4.69) is 25.9 Å². The molecule has 0 radical (unpaired) electrons. The Balaban J connectivity index is 3.03. The van der Waals surface area contributed by atoms with E-state index in [1.807, 2.05) is 4.68 Å². The minimum Gasteiger partial charge on any atom is -0.493 e. The second-order valence-corrected chi connectivity index (χ2v) is 4.34. The van der Waals surface area contributed by atoms with E-state index in [9.17, 15) is 5.11 Å². The Morgan fingerprint density at radius 1 is 1.35 bits per heavy atom. The molecule has 1 unspecified atom stereocenters. The van der Waals surface area contributed by atoms with E-state index in [1.54, 1.807) is 13.3 Å². The molecule has 1 aromatic rings. The molecule has 1 heterocycles. The zero-order valence-electron chi connectivity index (χ0n) is 11.3. The maximum atomic E-state index is 10.4. The van der Waals surface area contributed by atoms with Gasteiger partial charge in [0.2, 0.25) is 0 Å². The summed E-state index contributed by atoms with van der Waals surface area (Å²) in [7, 11) is 1.62. The van der Waals surface area contributed by atoms with E-state index in [1.165, 1.54) is 0 Å². The van der Waals surface area contributed by atoms with Gasteiger partial charge in [-0.15, -0.1) is 0 Å². The van der Waals surface area contributed by atoms with Gasteiger partial charge in [0.15, 0.2) is 5.75 Å². The maximum absolute atomic E-state index is 10.4. The first-order valence-electron chi connectivity index (χ1n) is 6.47. The predicted octanol–water partition coefficient (Wildman–Crippen LogP) is 2.77. The molecule has 98 valence electrons. The van der Waals surface area contributed by atoms with Crippen molar-refractivity contribution in [3.63, 3.8) is 0 Å². The lowest BCUT2D eigenvalue weighted by Gasteiger charge is -2.22. The average molecular weight is 240 g/mol. The topological polar surface area (TPSA) is 47.3 Å². The number of ether oxygens (including phenoxy) is 1. The lowest BCUT2D eigenvalue weighted by molar-refractivity contribution is 0.0912. The SMILES string of the molecule is CCCn1ncc(OC)c1C(O)C(CC)CC. The highest BCUT2D eigenvalue weighted by molar-refractivity contribution is 5.27. The van der Waals surface area contributed by atoms with Gasteiger partial charge in [0, 0.05) is 6.54 Å². The fraction of sp³-hybridized carbons (Fsp3) is 0.769. The Labute approximate surface area is 104 Å². The van der Waals surface area contributed by atoms with Gasteiger partial charge in [-0.1, -0.05) is 33.6 Å². The number of aromatic nitrogens is 2. The molecule has 0 aromatic carbocycles. The van der Waals surface area contributed by atoms with Gasteiger partial charge in [-0.3, -0.25) is 4.68 Å². The van der Waals surface area contributed by atoms with Crippen molar-refractivity contribution in [3.05, 3.63) is 11.9 Å². The van der Waals surface area contributed by atoms with Crippen molar-refractivity contribution in [1.29, 1.82) is 0 Å². The van der Waals surface area contributed by atoms with Crippen LogP contribution in [0, 0.1) is 5.92 Å². The highest BCUT2D eigenvalue weighted by Crippen LogP contribution is 2.33. The van der Waals surface area contributed by atoms with E-state index in [4.69, 9.17) is 4.74 Å². The number of methoxy groups -OCH3 is 1. The van der Waals surface area contributed by atoms with Crippen molar-refractivity contribution in [2.45, 2.75) is 52.7 Å². The van der Waals surface area contributed by atoms with Crippen LogP contribution in [0.25, 0.3) is 0 Å². The first-order chi connectivity index (χ1) is 8.19. The Hall–Kier alpha value is -1.03. The quantitative estimate of drug-likeness (QED) is 0.797. The van der Waals surface area contributed by atoms with Crippen LogP contribution in [0.3, 0.4) is 0 Å². The number of aliphatic hydroxyl groups is 1. The molecule has 1 aromatic heterocycles. The van der Waals surface area contributed by atoms with Crippen LogP contribution in [-0.4, -0.2) is 22.0 Å². The van der Waals surface area contributed by atoms with E-state index in [0.29, 0.717) is 5.75 Å². The van der Waals surface area contributed by atoms with Crippen molar-refractivity contribution < 1.29 is 9.84 Å². The molecule has 0 aliphatic heterocycles. The fourth-order valence-corrected chi connectivity index (χ4v) is 2.18. The summed E-state index contributed by atoms with van der Waals surface area (Å²) in [6, 6.07) is 0. The van der Waals surface area contributed by atoms with E-state index >= 15 is 0 Å². The molecule has 0 fully saturated rings. The van der Waals surface area contributed by atoms with Gasteiger partial charge in [-0.05, 0) is 12.3 Å². The van der Waals surface area contributed by atoms with Crippen LogP contribution in [0.4, 0.5) is 0 Å². The second-order valence-electron chi connectivity index (χ2n) is 4.34. The first-order valence-corrected chi connectivity index (χ1v) is 6.47. The Kier molecular flexibility index (Phi) is 5.48. The van der Waals surface area contributed by atoms with Gasteiger partial charge in [-0.2, -0.15) is 5.10 Å². The largest absolute Gasteiger partial charge is 0.493 e. The molecular weight excluding hydrogens is 216 g/mol. The minimum atomic E-state index is -0.492. The predicted molar refractivity (Wildman–Crippen MR) is 68.1 cm³/mol. The zero-order valence-corrected chi connectivity index (χ0v) is 11.3. The highest BCUT2D eigenvalue weighted by atomic mass is 16.5. The lowest BCUT2D eigenvalue weighted by atomic mass is 9.94. The molecule has 0 saturated heterocycles. The smallest absolute Gasteiger partial charge is 0.162 e. The molecule has 0 aliphatic rings. The van der Waals surface area contributed by atoms with Crippen molar-refractivity contribution in [2.75, 3.05) is 7.11 Å². The standard InChI is InChI=1S/C13H24N2O2/c1-5-8-15-12(11(17-4)9-14-15)13(16)10(6-2)7-3/h9-10,13,16H,5-8H2,1-4H3. The lowest BCUT2D eigenvalue weighted by Crippen LogP contribution is -2.17. The van der Waals surface area contributed by atoms with Crippen molar-refractivity contribution in [2.24, 2.45) is 5.92 Å². The minimum absolute atomic E-state index is 0.260. The number of hydrogen-bond acceptors (Lipinski definition) is 3. The van der Waals surface area contributed by atoms with Gasteiger partial charge in [-0.25, -0.2) is 0 Å². The average Bonchev–Trinajstić information content (AvgIpc) is 2.74. The monoisotopic (exact) mass is 240 g/mol. The van der Waals surface area contributed by atoms with Crippen molar-refractivity contribution >= 4 is 0 Å². The molecule has 17 heavy (non-hydrogen) atoms. The molecular formula is C13H24N2O2. The summed E-state index contributed by atoms with van der Waals surface area (Å²) >= 11 is 0. The Morgan fingerprint density at radius 2 is 2.00 bits per heavy atom. The highest BCUT2D eigenvalue weighted by Gasteiger charge is 2.25. The molecule has 0 bridgehead atoms. The third-order valence-corrected chi connectivity index (χ3v) is 3.28. The van der Waals surface area contributed by atoms with Gasteiger partial charge in [0.25, 0.3) is 0 Å². The first kappa shape index (κ1) is 14.0. The third kappa shape index (κ3) is 3.00. The van der Waals surface area contributed by atoms with Gasteiger partial charge in [0.05, 0.1) is 13.3 Å². The van der Waals surface area contributed by atoms with Gasteiger partial charge < -0.3 is 9.84 Å². The molecule has 0 aliphatic carbocycles. The number of aliphatic hydroxyl groups excluding tert-OH is 1. The summed E-state index contributed by atoms with van der Waals surface area (Å²) in [5.74, 6) is 0.953. The Bertz CT molecular complexity index is 332. The summed E-state index contributed by atoms with van der Waals surface area (Å²) < 4.78 is 7.15.